The van der Waals surface area contributed by atoms with Crippen molar-refractivity contribution in [1.29, 1.82) is 0 Å². The number of hydrogen-bond donors (Lipinski definition) is 2. The SMILES string of the molecule is C[C@H](NCC1(N2CCOCC2)CCCCC1)C(=O)Nc1ccc(OC(F)F)cc1. The van der Waals surface area contributed by atoms with Gasteiger partial charge in [0.25, 0.3) is 0 Å². The normalized spacial score (nSPS) is 21.0. The maximum Gasteiger partial charge on any atom is 0.387 e. The fraction of sp³-hybridized carbons (Fsp3) is 0.667. The van der Waals surface area contributed by atoms with Crippen LogP contribution in [0.5, 0.6) is 5.75 Å². The molecule has 0 aromatic heterocycles. The Morgan fingerprint density at radius 1 is 1.17 bits per heavy atom. The Morgan fingerprint density at radius 3 is 2.45 bits per heavy atom. The molecule has 29 heavy (non-hydrogen) atoms. The van der Waals surface area contributed by atoms with Crippen molar-refractivity contribution in [3.63, 3.8) is 0 Å². The molecule has 1 aromatic rings. The van der Waals surface area contributed by atoms with Crippen LogP contribution >= 0.6 is 0 Å². The lowest BCUT2D eigenvalue weighted by atomic mass is 9.79. The van der Waals surface area contributed by atoms with E-state index in [1.165, 1.54) is 31.4 Å². The topological polar surface area (TPSA) is 62.8 Å². The molecule has 2 N–H and O–H groups in total. The molecule has 1 atom stereocenters. The minimum absolute atomic E-state index is 0.0638. The second-order valence-corrected chi connectivity index (χ2v) is 7.88. The summed E-state index contributed by atoms with van der Waals surface area (Å²) >= 11 is 0. The van der Waals surface area contributed by atoms with Gasteiger partial charge in [-0.25, -0.2) is 0 Å². The van der Waals surface area contributed by atoms with E-state index in [1.54, 1.807) is 12.1 Å². The maximum absolute atomic E-state index is 12.6. The lowest BCUT2D eigenvalue weighted by molar-refractivity contribution is -0.118. The Morgan fingerprint density at radius 2 is 1.83 bits per heavy atom. The largest absolute Gasteiger partial charge is 0.435 e. The minimum Gasteiger partial charge on any atom is -0.435 e. The molecule has 8 heteroatoms. The molecule has 0 unspecified atom stereocenters. The van der Waals surface area contributed by atoms with Gasteiger partial charge in [0, 0.05) is 30.9 Å². The summed E-state index contributed by atoms with van der Waals surface area (Å²) in [5.41, 5.74) is 0.635. The van der Waals surface area contributed by atoms with Gasteiger partial charge in [0.15, 0.2) is 0 Å². The fourth-order valence-corrected chi connectivity index (χ4v) is 4.26. The number of hydrogen-bond acceptors (Lipinski definition) is 5. The molecule has 0 radical (unpaired) electrons. The highest BCUT2D eigenvalue weighted by molar-refractivity contribution is 5.94. The van der Waals surface area contributed by atoms with Gasteiger partial charge in [-0.15, -0.1) is 0 Å². The highest BCUT2D eigenvalue weighted by Gasteiger charge is 2.38. The summed E-state index contributed by atoms with van der Waals surface area (Å²) in [5, 5.41) is 6.25. The van der Waals surface area contributed by atoms with Crippen molar-refractivity contribution >= 4 is 11.6 Å². The Bertz CT molecular complexity index is 645. The molecule has 2 fully saturated rings. The van der Waals surface area contributed by atoms with Crippen molar-refractivity contribution in [3.8, 4) is 5.75 Å². The molecule has 6 nitrogen and oxygen atoms in total. The van der Waals surface area contributed by atoms with Crippen LogP contribution in [0.3, 0.4) is 0 Å². The van der Waals surface area contributed by atoms with Gasteiger partial charge in [-0.05, 0) is 44.0 Å². The number of morpholine rings is 1. The van der Waals surface area contributed by atoms with E-state index in [4.69, 9.17) is 4.74 Å². The fourth-order valence-electron chi connectivity index (χ4n) is 4.26. The number of amides is 1. The van der Waals surface area contributed by atoms with E-state index >= 15 is 0 Å². The monoisotopic (exact) mass is 411 g/mol. The first-order valence-corrected chi connectivity index (χ1v) is 10.4. The summed E-state index contributed by atoms with van der Waals surface area (Å²) in [5.74, 6) is -0.0885. The predicted molar refractivity (Wildman–Crippen MR) is 107 cm³/mol. The third kappa shape index (κ3) is 6.10. The Hall–Kier alpha value is -1.77. The highest BCUT2D eigenvalue weighted by Crippen LogP contribution is 2.34. The molecular weight excluding hydrogens is 380 g/mol. The van der Waals surface area contributed by atoms with Crippen LogP contribution in [-0.2, 0) is 9.53 Å². The van der Waals surface area contributed by atoms with E-state index in [2.05, 4.69) is 20.3 Å². The van der Waals surface area contributed by atoms with Gasteiger partial charge in [-0.1, -0.05) is 19.3 Å². The van der Waals surface area contributed by atoms with Crippen LogP contribution in [0.15, 0.2) is 24.3 Å². The maximum atomic E-state index is 12.6. The van der Waals surface area contributed by atoms with Crippen molar-refractivity contribution in [2.75, 3.05) is 38.2 Å². The van der Waals surface area contributed by atoms with Crippen molar-refractivity contribution in [2.24, 2.45) is 0 Å². The van der Waals surface area contributed by atoms with Gasteiger partial charge >= 0.3 is 6.61 Å². The van der Waals surface area contributed by atoms with Gasteiger partial charge in [-0.3, -0.25) is 9.69 Å². The quantitative estimate of drug-likeness (QED) is 0.688. The van der Waals surface area contributed by atoms with Gasteiger partial charge in [0.05, 0.1) is 19.3 Å². The van der Waals surface area contributed by atoms with E-state index in [1.807, 2.05) is 6.92 Å². The average molecular weight is 411 g/mol. The molecular formula is C21H31F2N3O3. The third-order valence-electron chi connectivity index (χ3n) is 5.94. The van der Waals surface area contributed by atoms with Crippen LogP contribution in [-0.4, -0.2) is 61.8 Å². The van der Waals surface area contributed by atoms with Crippen molar-refractivity contribution < 1.29 is 23.0 Å². The van der Waals surface area contributed by atoms with Crippen LogP contribution in [0.2, 0.25) is 0 Å². The standard InChI is InChI=1S/C21H31F2N3O3/c1-16(19(27)25-17-5-7-18(8-6-17)29-20(22)23)24-15-21(9-3-2-4-10-21)26-11-13-28-14-12-26/h5-8,16,20,24H,2-4,9-15H2,1H3,(H,25,27)/t16-/m0/s1. The van der Waals surface area contributed by atoms with E-state index in [-0.39, 0.29) is 23.2 Å². The molecule has 3 rings (SSSR count). The van der Waals surface area contributed by atoms with Crippen molar-refractivity contribution in [3.05, 3.63) is 24.3 Å². The molecule has 1 aliphatic carbocycles. The molecule has 162 valence electrons. The summed E-state index contributed by atoms with van der Waals surface area (Å²) in [4.78, 5) is 15.1. The smallest absolute Gasteiger partial charge is 0.387 e. The number of benzene rings is 1. The average Bonchev–Trinajstić information content (AvgIpc) is 2.74. The molecule has 1 aliphatic heterocycles. The summed E-state index contributed by atoms with van der Waals surface area (Å²) in [6, 6.07) is 5.56. The second kappa shape index (κ2) is 10.3. The zero-order valence-electron chi connectivity index (χ0n) is 17.0. The summed E-state index contributed by atoms with van der Waals surface area (Å²) < 4.78 is 34.3. The summed E-state index contributed by atoms with van der Waals surface area (Å²) in [6.07, 6.45) is 5.98. The molecule has 0 bridgehead atoms. The molecule has 1 saturated carbocycles. The number of nitrogens with zero attached hydrogens (tertiary/aromatic N) is 1. The molecule has 2 aliphatic rings. The zero-order valence-corrected chi connectivity index (χ0v) is 17.0. The van der Waals surface area contributed by atoms with Crippen molar-refractivity contribution in [1.82, 2.24) is 10.2 Å². The van der Waals surface area contributed by atoms with E-state index in [0.29, 0.717) is 5.69 Å². The van der Waals surface area contributed by atoms with Gasteiger partial charge < -0.3 is 20.1 Å². The first kappa shape index (κ1) is 21.9. The number of anilines is 1. The van der Waals surface area contributed by atoms with Gasteiger partial charge in [0.1, 0.15) is 5.75 Å². The lowest BCUT2D eigenvalue weighted by Gasteiger charge is -2.48. The van der Waals surface area contributed by atoms with E-state index in [0.717, 1.165) is 45.7 Å². The van der Waals surface area contributed by atoms with Crippen LogP contribution < -0.4 is 15.4 Å². The number of ether oxygens (including phenoxy) is 2. The second-order valence-electron chi connectivity index (χ2n) is 7.88. The molecule has 1 amide bonds. The first-order valence-electron chi connectivity index (χ1n) is 10.4. The number of alkyl halides is 2. The lowest BCUT2D eigenvalue weighted by Crippen LogP contribution is -2.60. The highest BCUT2D eigenvalue weighted by atomic mass is 19.3. The van der Waals surface area contributed by atoms with Crippen LogP contribution in [0.25, 0.3) is 0 Å². The summed E-state index contributed by atoms with van der Waals surface area (Å²) in [6.45, 7) is 3.16. The van der Waals surface area contributed by atoms with Crippen molar-refractivity contribution in [2.45, 2.75) is 57.2 Å². The predicted octanol–water partition coefficient (Wildman–Crippen LogP) is 3.24. The molecule has 1 aromatic carbocycles. The third-order valence-corrected chi connectivity index (χ3v) is 5.94. The number of carbonyl (C=O) groups is 1. The van der Waals surface area contributed by atoms with Gasteiger partial charge in [0.2, 0.25) is 5.91 Å². The van der Waals surface area contributed by atoms with Crippen LogP contribution in [0.4, 0.5) is 14.5 Å². The molecule has 1 heterocycles. The summed E-state index contributed by atoms with van der Waals surface area (Å²) in [7, 11) is 0. The number of halogens is 2. The van der Waals surface area contributed by atoms with Crippen LogP contribution in [0.1, 0.15) is 39.0 Å². The number of carbonyl (C=O) groups excluding carboxylic acids is 1. The number of rotatable bonds is 8. The Labute approximate surface area is 170 Å². The minimum atomic E-state index is -2.86. The molecule has 1 saturated heterocycles. The zero-order chi connectivity index (χ0) is 20.7. The Kier molecular flexibility index (Phi) is 7.80. The first-order chi connectivity index (χ1) is 14.0. The van der Waals surface area contributed by atoms with E-state index < -0.39 is 6.61 Å². The molecule has 0 spiro atoms. The number of nitrogens with one attached hydrogen (secondary N) is 2. The van der Waals surface area contributed by atoms with E-state index in [9.17, 15) is 13.6 Å². The Balaban J connectivity index is 1.53. The van der Waals surface area contributed by atoms with Gasteiger partial charge in [-0.2, -0.15) is 8.78 Å². The van der Waals surface area contributed by atoms with Crippen LogP contribution in [0, 0.1) is 0 Å².